The van der Waals surface area contributed by atoms with E-state index in [0.29, 0.717) is 28.0 Å². The summed E-state index contributed by atoms with van der Waals surface area (Å²) in [5.74, 6) is -0.185. The summed E-state index contributed by atoms with van der Waals surface area (Å²) in [6.45, 7) is 0. The van der Waals surface area contributed by atoms with Gasteiger partial charge in [0.2, 0.25) is 5.91 Å². The second-order valence-electron chi connectivity index (χ2n) is 6.69. The van der Waals surface area contributed by atoms with Crippen molar-refractivity contribution in [2.45, 2.75) is 6.42 Å². The number of methoxy groups -OCH3 is 1. The third kappa shape index (κ3) is 4.05. The molecule has 4 aromatic rings. The van der Waals surface area contributed by atoms with Gasteiger partial charge in [-0.15, -0.1) is 0 Å². The number of phenols is 1. The molecular formula is C23H18FN3O3. The van der Waals surface area contributed by atoms with E-state index in [9.17, 15) is 14.3 Å². The topological polar surface area (TPSA) is 84.3 Å². The summed E-state index contributed by atoms with van der Waals surface area (Å²) in [5.41, 5.74) is 3.47. The number of carbonyl (C=O) groups excluding carboxylic acids is 1. The van der Waals surface area contributed by atoms with Crippen molar-refractivity contribution in [2.24, 2.45) is 0 Å². The number of hydrogen-bond acceptors (Lipinski definition) is 5. The highest BCUT2D eigenvalue weighted by atomic mass is 19.1. The third-order valence-corrected chi connectivity index (χ3v) is 4.66. The second-order valence-corrected chi connectivity index (χ2v) is 6.69. The molecule has 1 aromatic heterocycles. The fourth-order valence-corrected chi connectivity index (χ4v) is 3.17. The highest BCUT2D eigenvalue weighted by molar-refractivity contribution is 5.95. The van der Waals surface area contributed by atoms with Gasteiger partial charge in [-0.2, -0.15) is 0 Å². The predicted molar refractivity (Wildman–Crippen MR) is 112 cm³/mol. The molecule has 0 unspecified atom stereocenters. The average molecular weight is 403 g/mol. The maximum Gasteiger partial charge on any atom is 0.228 e. The number of carbonyl (C=O) groups is 1. The predicted octanol–water partition coefficient (Wildman–Crippen LogP) is 4.33. The molecule has 2 N–H and O–H groups in total. The van der Waals surface area contributed by atoms with E-state index >= 15 is 0 Å². The van der Waals surface area contributed by atoms with Crippen LogP contribution in [0.25, 0.3) is 22.2 Å². The minimum absolute atomic E-state index is 0.00530. The number of anilines is 1. The number of rotatable bonds is 5. The third-order valence-electron chi connectivity index (χ3n) is 4.66. The average Bonchev–Trinajstić information content (AvgIpc) is 2.75. The van der Waals surface area contributed by atoms with Crippen LogP contribution in [0.5, 0.6) is 11.5 Å². The summed E-state index contributed by atoms with van der Waals surface area (Å²) >= 11 is 0. The van der Waals surface area contributed by atoms with Gasteiger partial charge in [-0.1, -0.05) is 24.3 Å². The van der Waals surface area contributed by atoms with E-state index in [-0.39, 0.29) is 23.9 Å². The van der Waals surface area contributed by atoms with Crippen LogP contribution in [0.1, 0.15) is 5.56 Å². The quantitative estimate of drug-likeness (QED) is 0.518. The van der Waals surface area contributed by atoms with Gasteiger partial charge in [-0.25, -0.2) is 14.4 Å². The Hall–Kier alpha value is -4.00. The SMILES string of the molecule is COc1cc2ncnc(-c3ccc(NC(=O)Cc4ccc(F)cc4)cc3)c2cc1O. The zero-order chi connectivity index (χ0) is 21.1. The number of halogens is 1. The maximum absolute atomic E-state index is 13.0. The molecule has 0 bridgehead atoms. The summed E-state index contributed by atoms with van der Waals surface area (Å²) in [5, 5.41) is 13.6. The molecule has 0 radical (unpaired) electrons. The molecule has 3 aromatic carbocycles. The van der Waals surface area contributed by atoms with Crippen LogP contribution >= 0.6 is 0 Å². The fraction of sp³-hybridized carbons (Fsp3) is 0.0870. The lowest BCUT2D eigenvalue weighted by molar-refractivity contribution is -0.115. The minimum Gasteiger partial charge on any atom is -0.504 e. The van der Waals surface area contributed by atoms with E-state index < -0.39 is 0 Å². The number of ether oxygens (including phenoxy) is 1. The molecule has 4 rings (SSSR count). The highest BCUT2D eigenvalue weighted by Crippen LogP contribution is 2.34. The maximum atomic E-state index is 13.0. The van der Waals surface area contributed by atoms with Crippen molar-refractivity contribution in [3.63, 3.8) is 0 Å². The molecule has 0 saturated heterocycles. The molecule has 0 aliphatic rings. The van der Waals surface area contributed by atoms with Gasteiger partial charge in [0.05, 0.1) is 24.7 Å². The molecule has 0 aliphatic carbocycles. The number of phenolic OH excluding ortho intramolecular Hbond substituents is 1. The van der Waals surface area contributed by atoms with Crippen LogP contribution < -0.4 is 10.1 Å². The first-order chi connectivity index (χ1) is 14.5. The molecule has 7 heteroatoms. The van der Waals surface area contributed by atoms with Crippen molar-refractivity contribution in [2.75, 3.05) is 12.4 Å². The number of benzene rings is 3. The Morgan fingerprint density at radius 3 is 2.50 bits per heavy atom. The lowest BCUT2D eigenvalue weighted by atomic mass is 10.1. The number of nitrogens with one attached hydrogen (secondary N) is 1. The van der Waals surface area contributed by atoms with Crippen LogP contribution in [-0.2, 0) is 11.2 Å². The number of fused-ring (bicyclic) bond motifs is 1. The highest BCUT2D eigenvalue weighted by Gasteiger charge is 2.12. The molecule has 0 aliphatic heterocycles. The molecule has 0 atom stereocenters. The first-order valence-corrected chi connectivity index (χ1v) is 9.20. The summed E-state index contributed by atoms with van der Waals surface area (Å²) in [4.78, 5) is 20.8. The van der Waals surface area contributed by atoms with Gasteiger partial charge < -0.3 is 15.2 Å². The lowest BCUT2D eigenvalue weighted by Crippen LogP contribution is -2.14. The number of hydrogen-bond donors (Lipinski definition) is 2. The number of amides is 1. The van der Waals surface area contributed by atoms with Crippen LogP contribution in [-0.4, -0.2) is 28.1 Å². The zero-order valence-corrected chi connectivity index (χ0v) is 16.1. The minimum atomic E-state index is -0.334. The Kier molecular flexibility index (Phi) is 5.26. The molecular weight excluding hydrogens is 385 g/mol. The Labute approximate surface area is 172 Å². The van der Waals surface area contributed by atoms with Crippen LogP contribution in [0, 0.1) is 5.82 Å². The van der Waals surface area contributed by atoms with Crippen molar-refractivity contribution in [1.82, 2.24) is 9.97 Å². The largest absolute Gasteiger partial charge is 0.504 e. The summed E-state index contributed by atoms with van der Waals surface area (Å²) in [7, 11) is 1.48. The molecule has 6 nitrogen and oxygen atoms in total. The lowest BCUT2D eigenvalue weighted by Gasteiger charge is -2.10. The van der Waals surface area contributed by atoms with Crippen LogP contribution in [0.2, 0.25) is 0 Å². The van der Waals surface area contributed by atoms with Gasteiger partial charge in [0.25, 0.3) is 0 Å². The Morgan fingerprint density at radius 2 is 1.80 bits per heavy atom. The molecule has 0 fully saturated rings. The van der Waals surface area contributed by atoms with Gasteiger partial charge in [-0.3, -0.25) is 4.79 Å². The van der Waals surface area contributed by atoms with Crippen molar-refractivity contribution < 1.29 is 19.0 Å². The van der Waals surface area contributed by atoms with E-state index in [2.05, 4.69) is 15.3 Å². The summed E-state index contributed by atoms with van der Waals surface area (Å²) in [6, 6.07) is 16.3. The zero-order valence-electron chi connectivity index (χ0n) is 16.1. The van der Waals surface area contributed by atoms with Crippen LogP contribution in [0.3, 0.4) is 0 Å². The standard InChI is InChI=1S/C23H18FN3O3/c1-30-21-12-19-18(11-20(21)28)23(26-13-25-19)15-4-8-17(9-5-15)27-22(29)10-14-2-6-16(24)7-3-14/h2-9,11-13,28H,10H2,1H3,(H,27,29). The molecule has 30 heavy (non-hydrogen) atoms. The molecule has 150 valence electrons. The Bertz CT molecular complexity index is 1210. The number of nitrogens with zero attached hydrogens (tertiary/aromatic N) is 2. The Balaban J connectivity index is 1.54. The van der Waals surface area contributed by atoms with Crippen molar-refractivity contribution in [1.29, 1.82) is 0 Å². The molecule has 0 spiro atoms. The van der Waals surface area contributed by atoms with E-state index in [1.54, 1.807) is 36.4 Å². The van der Waals surface area contributed by atoms with E-state index in [0.717, 1.165) is 11.1 Å². The summed E-state index contributed by atoms with van der Waals surface area (Å²) in [6.07, 6.45) is 1.60. The van der Waals surface area contributed by atoms with Gasteiger partial charge in [0.1, 0.15) is 12.1 Å². The van der Waals surface area contributed by atoms with E-state index in [1.165, 1.54) is 25.6 Å². The van der Waals surface area contributed by atoms with Gasteiger partial charge >= 0.3 is 0 Å². The monoisotopic (exact) mass is 403 g/mol. The van der Waals surface area contributed by atoms with Crippen molar-refractivity contribution in [3.8, 4) is 22.8 Å². The van der Waals surface area contributed by atoms with Crippen LogP contribution in [0.15, 0.2) is 67.0 Å². The first kappa shape index (κ1) is 19.3. The van der Waals surface area contributed by atoms with Gasteiger partial charge in [0, 0.05) is 22.7 Å². The van der Waals surface area contributed by atoms with Gasteiger partial charge in [0.15, 0.2) is 11.5 Å². The van der Waals surface area contributed by atoms with Crippen LogP contribution in [0.4, 0.5) is 10.1 Å². The number of aromatic hydroxyl groups is 1. The summed E-state index contributed by atoms with van der Waals surface area (Å²) < 4.78 is 18.1. The second kappa shape index (κ2) is 8.16. The van der Waals surface area contributed by atoms with E-state index in [1.807, 2.05) is 12.1 Å². The normalized spacial score (nSPS) is 10.7. The van der Waals surface area contributed by atoms with Crippen molar-refractivity contribution >= 4 is 22.5 Å². The fourth-order valence-electron chi connectivity index (χ4n) is 3.17. The molecule has 1 heterocycles. The Morgan fingerprint density at radius 1 is 1.07 bits per heavy atom. The van der Waals surface area contributed by atoms with E-state index in [4.69, 9.17) is 4.74 Å². The van der Waals surface area contributed by atoms with Gasteiger partial charge in [-0.05, 0) is 35.9 Å². The first-order valence-electron chi connectivity index (χ1n) is 9.20. The van der Waals surface area contributed by atoms with Crippen molar-refractivity contribution in [3.05, 3.63) is 78.4 Å². The smallest absolute Gasteiger partial charge is 0.228 e. The molecule has 0 saturated carbocycles. The number of aromatic nitrogens is 2. The molecule has 1 amide bonds.